The van der Waals surface area contributed by atoms with Gasteiger partial charge in [-0.15, -0.1) is 0 Å². The van der Waals surface area contributed by atoms with E-state index in [1.54, 1.807) is 0 Å². The Kier molecular flexibility index (Phi) is 8.74. The van der Waals surface area contributed by atoms with Crippen molar-refractivity contribution in [1.82, 2.24) is 4.90 Å². The molecular formula is C17H36N2O. The average molecular weight is 284 g/mol. The minimum absolute atomic E-state index is 0.247. The molecule has 1 rings (SSSR count). The Morgan fingerprint density at radius 1 is 1.05 bits per heavy atom. The smallest absolute Gasteiger partial charge is 0.0593 e. The number of rotatable bonds is 10. The van der Waals surface area contributed by atoms with E-state index < -0.39 is 0 Å². The number of nitrogens with zero attached hydrogens (tertiary/aromatic N) is 1. The molecule has 3 nitrogen and oxygen atoms in total. The fraction of sp³-hybridized carbons (Fsp3) is 1.00. The van der Waals surface area contributed by atoms with E-state index in [0.717, 1.165) is 45.2 Å². The summed E-state index contributed by atoms with van der Waals surface area (Å²) >= 11 is 0. The second-order valence-corrected chi connectivity index (χ2v) is 6.38. The molecule has 1 saturated carbocycles. The summed E-state index contributed by atoms with van der Waals surface area (Å²) in [4.78, 5) is 2.63. The molecule has 0 aromatic carbocycles. The van der Waals surface area contributed by atoms with Crippen LogP contribution in [0.2, 0.25) is 0 Å². The predicted octanol–water partition coefficient (Wildman–Crippen LogP) is 3.42. The Labute approximate surface area is 126 Å². The summed E-state index contributed by atoms with van der Waals surface area (Å²) in [6.07, 6.45) is 8.88. The first kappa shape index (κ1) is 17.9. The van der Waals surface area contributed by atoms with E-state index in [0.29, 0.717) is 0 Å². The molecule has 0 radical (unpaired) electrons. The van der Waals surface area contributed by atoms with Crippen LogP contribution in [0, 0.1) is 5.92 Å². The maximum atomic E-state index is 6.20. The van der Waals surface area contributed by atoms with E-state index in [-0.39, 0.29) is 5.54 Å². The minimum Gasteiger partial charge on any atom is -0.380 e. The Hall–Kier alpha value is -0.120. The highest BCUT2D eigenvalue weighted by Gasteiger charge is 2.38. The van der Waals surface area contributed by atoms with Crippen molar-refractivity contribution in [3.63, 3.8) is 0 Å². The lowest BCUT2D eigenvalue weighted by molar-refractivity contribution is 0.0137. The summed E-state index contributed by atoms with van der Waals surface area (Å²) in [5.41, 5.74) is 6.45. The number of hydrogen-bond acceptors (Lipinski definition) is 3. The molecule has 1 aliphatic carbocycles. The fourth-order valence-corrected chi connectivity index (χ4v) is 3.55. The van der Waals surface area contributed by atoms with Gasteiger partial charge in [-0.3, -0.25) is 4.90 Å². The lowest BCUT2D eigenvalue weighted by Crippen LogP contribution is -2.56. The molecule has 0 unspecified atom stereocenters. The Bertz CT molecular complexity index is 237. The highest BCUT2D eigenvalue weighted by Crippen LogP contribution is 2.37. The van der Waals surface area contributed by atoms with Gasteiger partial charge in [0, 0.05) is 25.2 Å². The molecule has 0 saturated heterocycles. The first-order valence-electron chi connectivity index (χ1n) is 8.75. The third kappa shape index (κ3) is 5.01. The van der Waals surface area contributed by atoms with Crippen molar-refractivity contribution in [1.29, 1.82) is 0 Å². The zero-order valence-corrected chi connectivity index (χ0v) is 14.0. The van der Waals surface area contributed by atoms with E-state index in [9.17, 15) is 0 Å². The van der Waals surface area contributed by atoms with Crippen molar-refractivity contribution < 1.29 is 4.74 Å². The van der Waals surface area contributed by atoms with Crippen molar-refractivity contribution in [2.75, 3.05) is 32.8 Å². The minimum atomic E-state index is 0.247. The monoisotopic (exact) mass is 284 g/mol. The average Bonchev–Trinajstić information content (AvgIpc) is 2.50. The van der Waals surface area contributed by atoms with Crippen molar-refractivity contribution >= 4 is 0 Å². The Morgan fingerprint density at radius 3 is 2.25 bits per heavy atom. The van der Waals surface area contributed by atoms with E-state index in [1.165, 1.54) is 38.5 Å². The van der Waals surface area contributed by atoms with Crippen LogP contribution in [0.25, 0.3) is 0 Å². The number of ether oxygens (including phenoxy) is 1. The molecule has 1 aliphatic rings. The van der Waals surface area contributed by atoms with E-state index in [4.69, 9.17) is 10.5 Å². The van der Waals surface area contributed by atoms with Gasteiger partial charge in [0.25, 0.3) is 0 Å². The molecular weight excluding hydrogens is 248 g/mol. The zero-order chi connectivity index (χ0) is 14.8. The maximum absolute atomic E-state index is 6.20. The lowest BCUT2D eigenvalue weighted by Gasteiger charge is -2.47. The Balaban J connectivity index is 2.56. The second kappa shape index (κ2) is 9.75. The van der Waals surface area contributed by atoms with Crippen LogP contribution in [0.1, 0.15) is 65.7 Å². The van der Waals surface area contributed by atoms with Crippen LogP contribution in [-0.2, 0) is 4.74 Å². The van der Waals surface area contributed by atoms with Gasteiger partial charge in [-0.25, -0.2) is 0 Å². The molecule has 0 aliphatic heterocycles. The van der Waals surface area contributed by atoms with Gasteiger partial charge in [0.15, 0.2) is 0 Å². The standard InChI is InChI=1S/C17H36N2O/c1-4-11-19(12-14-20-13-5-2)17(15-18)9-7-16(6-3)8-10-17/h16H,4-15,18H2,1-3H3. The van der Waals surface area contributed by atoms with Crippen molar-refractivity contribution in [2.24, 2.45) is 11.7 Å². The molecule has 0 spiro atoms. The van der Waals surface area contributed by atoms with Crippen molar-refractivity contribution in [3.8, 4) is 0 Å². The van der Waals surface area contributed by atoms with Gasteiger partial charge >= 0.3 is 0 Å². The van der Waals surface area contributed by atoms with E-state index in [1.807, 2.05) is 0 Å². The molecule has 0 aromatic rings. The molecule has 0 bridgehead atoms. The SMILES string of the molecule is CCCOCCN(CCC)C1(CN)CCC(CC)CC1. The first-order valence-corrected chi connectivity index (χ1v) is 8.75. The predicted molar refractivity (Wildman–Crippen MR) is 87.0 cm³/mol. The lowest BCUT2D eigenvalue weighted by atomic mass is 9.74. The van der Waals surface area contributed by atoms with Crippen LogP contribution in [0.5, 0.6) is 0 Å². The summed E-state index contributed by atoms with van der Waals surface area (Å²) in [6.45, 7) is 11.5. The van der Waals surface area contributed by atoms with Gasteiger partial charge < -0.3 is 10.5 Å². The summed E-state index contributed by atoms with van der Waals surface area (Å²) in [5.74, 6) is 0.925. The number of nitrogens with two attached hydrogens (primary N) is 1. The van der Waals surface area contributed by atoms with Crippen molar-refractivity contribution in [3.05, 3.63) is 0 Å². The molecule has 0 aromatic heterocycles. The van der Waals surface area contributed by atoms with Gasteiger partial charge in [-0.05, 0) is 51.0 Å². The van der Waals surface area contributed by atoms with Crippen LogP contribution < -0.4 is 5.73 Å². The molecule has 0 amide bonds. The molecule has 3 heteroatoms. The highest BCUT2D eigenvalue weighted by molar-refractivity contribution is 4.95. The Morgan fingerprint density at radius 2 is 1.75 bits per heavy atom. The van der Waals surface area contributed by atoms with Crippen LogP contribution in [0.3, 0.4) is 0 Å². The van der Waals surface area contributed by atoms with Crippen LogP contribution in [-0.4, -0.2) is 43.3 Å². The molecule has 2 N–H and O–H groups in total. The van der Waals surface area contributed by atoms with Gasteiger partial charge in [0.05, 0.1) is 6.61 Å². The quantitative estimate of drug-likeness (QED) is 0.625. The van der Waals surface area contributed by atoms with Crippen LogP contribution in [0.15, 0.2) is 0 Å². The third-order valence-corrected chi connectivity index (χ3v) is 5.01. The molecule has 20 heavy (non-hydrogen) atoms. The van der Waals surface area contributed by atoms with Gasteiger partial charge in [0.1, 0.15) is 0 Å². The molecule has 1 fully saturated rings. The van der Waals surface area contributed by atoms with E-state index >= 15 is 0 Å². The highest BCUT2D eigenvalue weighted by atomic mass is 16.5. The molecule has 0 atom stereocenters. The normalized spacial score (nSPS) is 27.1. The summed E-state index contributed by atoms with van der Waals surface area (Å²) < 4.78 is 5.70. The summed E-state index contributed by atoms with van der Waals surface area (Å²) in [7, 11) is 0. The summed E-state index contributed by atoms with van der Waals surface area (Å²) in [6, 6.07) is 0. The zero-order valence-electron chi connectivity index (χ0n) is 14.0. The molecule has 120 valence electrons. The first-order chi connectivity index (χ1) is 9.72. The number of hydrogen-bond donors (Lipinski definition) is 1. The van der Waals surface area contributed by atoms with Gasteiger partial charge in [0.2, 0.25) is 0 Å². The largest absolute Gasteiger partial charge is 0.380 e. The fourth-order valence-electron chi connectivity index (χ4n) is 3.55. The third-order valence-electron chi connectivity index (χ3n) is 5.01. The topological polar surface area (TPSA) is 38.5 Å². The van der Waals surface area contributed by atoms with Crippen molar-refractivity contribution in [2.45, 2.75) is 71.3 Å². The van der Waals surface area contributed by atoms with Crippen LogP contribution in [0.4, 0.5) is 0 Å². The van der Waals surface area contributed by atoms with E-state index in [2.05, 4.69) is 25.7 Å². The molecule has 0 heterocycles. The van der Waals surface area contributed by atoms with Crippen LogP contribution >= 0.6 is 0 Å². The second-order valence-electron chi connectivity index (χ2n) is 6.38. The van der Waals surface area contributed by atoms with Gasteiger partial charge in [-0.2, -0.15) is 0 Å². The van der Waals surface area contributed by atoms with Gasteiger partial charge in [-0.1, -0.05) is 27.2 Å². The maximum Gasteiger partial charge on any atom is 0.0593 e. The summed E-state index contributed by atoms with van der Waals surface area (Å²) in [5, 5.41) is 0.